The van der Waals surface area contributed by atoms with E-state index in [0.29, 0.717) is 18.8 Å². The number of nitrogens with zero attached hydrogens (tertiary/aromatic N) is 1. The van der Waals surface area contributed by atoms with Crippen LogP contribution in [0.4, 0.5) is 0 Å². The Labute approximate surface area is 157 Å². The lowest BCUT2D eigenvalue weighted by molar-refractivity contribution is -0.138. The predicted molar refractivity (Wildman–Crippen MR) is 95.0 cm³/mol. The standard InChI is InChI=1S/C20H22N2O5/c1-11(2)21-18(23)16-14-5-6-20(27-14)9-22(19(24)17(16)20)8-12-3-4-13-15(7-12)26-10-25-13/h3-7,11,14,16-17H,8-10H2,1-2H3,(H,21,23)/t14-,16-,17-,20+/m1/s1. The molecule has 4 aliphatic rings. The molecule has 7 nitrogen and oxygen atoms in total. The van der Waals surface area contributed by atoms with Crippen LogP contribution in [0.5, 0.6) is 11.5 Å². The van der Waals surface area contributed by atoms with Crippen LogP contribution in [0.25, 0.3) is 0 Å². The van der Waals surface area contributed by atoms with Crippen LogP contribution in [0.3, 0.4) is 0 Å². The first-order valence-electron chi connectivity index (χ1n) is 9.32. The number of rotatable bonds is 4. The number of nitrogens with one attached hydrogen (secondary N) is 1. The molecule has 1 spiro atoms. The van der Waals surface area contributed by atoms with Gasteiger partial charge in [-0.25, -0.2) is 0 Å². The second-order valence-corrected chi connectivity index (χ2v) is 7.95. The van der Waals surface area contributed by atoms with Crippen molar-refractivity contribution >= 4 is 11.8 Å². The summed E-state index contributed by atoms with van der Waals surface area (Å²) in [7, 11) is 0. The highest BCUT2D eigenvalue weighted by atomic mass is 16.7. The van der Waals surface area contributed by atoms with Crippen LogP contribution in [-0.2, 0) is 20.9 Å². The zero-order valence-corrected chi connectivity index (χ0v) is 15.3. The van der Waals surface area contributed by atoms with Crippen molar-refractivity contribution in [1.82, 2.24) is 10.2 Å². The Morgan fingerprint density at radius 2 is 2.15 bits per heavy atom. The van der Waals surface area contributed by atoms with Crippen molar-refractivity contribution in [3.63, 3.8) is 0 Å². The zero-order chi connectivity index (χ0) is 18.8. The lowest BCUT2D eigenvalue weighted by Crippen LogP contribution is -2.45. The molecule has 142 valence electrons. The van der Waals surface area contributed by atoms with E-state index in [1.807, 2.05) is 44.2 Å². The first kappa shape index (κ1) is 16.6. The molecular weight excluding hydrogens is 348 g/mol. The summed E-state index contributed by atoms with van der Waals surface area (Å²) in [5, 5.41) is 2.94. The molecule has 5 rings (SSSR count). The number of ether oxygens (including phenoxy) is 3. The lowest BCUT2D eigenvalue weighted by Gasteiger charge is -2.24. The van der Waals surface area contributed by atoms with Gasteiger partial charge in [-0.1, -0.05) is 18.2 Å². The van der Waals surface area contributed by atoms with Gasteiger partial charge in [0.25, 0.3) is 0 Å². The van der Waals surface area contributed by atoms with Gasteiger partial charge in [0.2, 0.25) is 18.6 Å². The van der Waals surface area contributed by atoms with Crippen molar-refractivity contribution in [3.05, 3.63) is 35.9 Å². The third-order valence-corrected chi connectivity index (χ3v) is 5.72. The van der Waals surface area contributed by atoms with Gasteiger partial charge in [-0.3, -0.25) is 9.59 Å². The van der Waals surface area contributed by atoms with Crippen molar-refractivity contribution < 1.29 is 23.8 Å². The van der Waals surface area contributed by atoms with Crippen molar-refractivity contribution in [2.45, 2.75) is 38.1 Å². The van der Waals surface area contributed by atoms with Gasteiger partial charge < -0.3 is 24.4 Å². The highest BCUT2D eigenvalue weighted by Crippen LogP contribution is 2.52. The van der Waals surface area contributed by atoms with Crippen LogP contribution in [0, 0.1) is 11.8 Å². The Hall–Kier alpha value is -2.54. The Kier molecular flexibility index (Phi) is 3.53. The molecule has 4 atom stereocenters. The summed E-state index contributed by atoms with van der Waals surface area (Å²) in [4.78, 5) is 27.7. The van der Waals surface area contributed by atoms with E-state index in [4.69, 9.17) is 14.2 Å². The van der Waals surface area contributed by atoms with Crippen molar-refractivity contribution in [3.8, 4) is 11.5 Å². The summed E-state index contributed by atoms with van der Waals surface area (Å²) in [5.41, 5.74) is 0.280. The van der Waals surface area contributed by atoms with E-state index >= 15 is 0 Å². The summed E-state index contributed by atoms with van der Waals surface area (Å²) < 4.78 is 16.9. The molecule has 1 aromatic carbocycles. The molecule has 1 N–H and O–H groups in total. The second-order valence-electron chi connectivity index (χ2n) is 7.95. The van der Waals surface area contributed by atoms with Crippen LogP contribution in [0.1, 0.15) is 19.4 Å². The average Bonchev–Trinajstić information content (AvgIpc) is 3.35. The van der Waals surface area contributed by atoms with Crippen LogP contribution in [0.15, 0.2) is 30.4 Å². The number of carbonyl (C=O) groups excluding carboxylic acids is 2. The highest BCUT2D eigenvalue weighted by Gasteiger charge is 2.66. The number of hydrogen-bond acceptors (Lipinski definition) is 5. The minimum absolute atomic E-state index is 0.0246. The SMILES string of the molecule is CC(C)NC(=O)[C@@H]1[C@H]2C=C[C@@]3(CN(Cc4ccc5c(c4)OCO5)C(=O)[C@@H]13)O2. The monoisotopic (exact) mass is 370 g/mol. The molecule has 7 heteroatoms. The molecule has 1 aromatic rings. The molecule has 0 saturated carbocycles. The van der Waals surface area contributed by atoms with Gasteiger partial charge >= 0.3 is 0 Å². The summed E-state index contributed by atoms with van der Waals surface area (Å²) in [6.07, 6.45) is 3.59. The van der Waals surface area contributed by atoms with Gasteiger partial charge in [-0.2, -0.15) is 0 Å². The highest BCUT2D eigenvalue weighted by molar-refractivity contribution is 5.93. The number of fused-ring (bicyclic) bond motifs is 2. The molecule has 2 saturated heterocycles. The number of hydrogen-bond donors (Lipinski definition) is 1. The summed E-state index contributed by atoms with van der Waals surface area (Å²) in [5.74, 6) is 0.362. The van der Waals surface area contributed by atoms with Crippen LogP contribution < -0.4 is 14.8 Å². The maximum atomic E-state index is 13.2. The normalized spacial score (nSPS) is 32.5. The van der Waals surface area contributed by atoms with Gasteiger partial charge in [0.15, 0.2) is 11.5 Å². The van der Waals surface area contributed by atoms with E-state index in [1.165, 1.54) is 0 Å². The number of likely N-dealkylation sites (tertiary alicyclic amines) is 1. The van der Waals surface area contributed by atoms with Gasteiger partial charge in [0, 0.05) is 12.6 Å². The van der Waals surface area contributed by atoms with Gasteiger partial charge in [-0.15, -0.1) is 0 Å². The second kappa shape index (κ2) is 5.73. The van der Waals surface area contributed by atoms with Gasteiger partial charge in [0.05, 0.1) is 24.5 Å². The molecule has 0 aliphatic carbocycles. The van der Waals surface area contributed by atoms with Crippen molar-refractivity contribution in [2.75, 3.05) is 13.3 Å². The molecule has 4 aliphatic heterocycles. The molecule has 2 bridgehead atoms. The fourth-order valence-electron chi connectivity index (χ4n) is 4.65. The minimum atomic E-state index is -0.683. The van der Waals surface area contributed by atoms with E-state index in [2.05, 4.69) is 5.32 Å². The summed E-state index contributed by atoms with van der Waals surface area (Å²) in [6.45, 7) is 4.97. The van der Waals surface area contributed by atoms with Gasteiger partial charge in [0.1, 0.15) is 5.60 Å². The Balaban J connectivity index is 1.38. The predicted octanol–water partition coefficient (Wildman–Crippen LogP) is 1.22. The smallest absolute Gasteiger partial charge is 0.231 e. The first-order valence-corrected chi connectivity index (χ1v) is 9.32. The zero-order valence-electron chi connectivity index (χ0n) is 15.3. The molecule has 27 heavy (non-hydrogen) atoms. The third kappa shape index (κ3) is 2.45. The van der Waals surface area contributed by atoms with Crippen LogP contribution in [0.2, 0.25) is 0 Å². The molecular formula is C20H22N2O5. The Bertz CT molecular complexity index is 851. The lowest BCUT2D eigenvalue weighted by atomic mass is 9.76. The number of amides is 2. The van der Waals surface area contributed by atoms with Gasteiger partial charge in [-0.05, 0) is 31.5 Å². The van der Waals surface area contributed by atoms with Crippen LogP contribution >= 0.6 is 0 Å². The van der Waals surface area contributed by atoms with E-state index < -0.39 is 17.4 Å². The van der Waals surface area contributed by atoms with E-state index in [9.17, 15) is 9.59 Å². The van der Waals surface area contributed by atoms with Crippen molar-refractivity contribution in [1.29, 1.82) is 0 Å². The van der Waals surface area contributed by atoms with E-state index in [-0.39, 0.29) is 30.8 Å². The molecule has 0 aromatic heterocycles. The molecule has 0 unspecified atom stereocenters. The number of carbonyl (C=O) groups is 2. The minimum Gasteiger partial charge on any atom is -0.454 e. The first-order chi connectivity index (χ1) is 13.0. The Morgan fingerprint density at radius 1 is 1.33 bits per heavy atom. The summed E-state index contributed by atoms with van der Waals surface area (Å²) in [6, 6.07) is 5.72. The molecule has 0 radical (unpaired) electrons. The molecule has 4 heterocycles. The average molecular weight is 370 g/mol. The quantitative estimate of drug-likeness (QED) is 0.807. The maximum Gasteiger partial charge on any atom is 0.231 e. The van der Waals surface area contributed by atoms with Crippen LogP contribution in [-0.4, -0.2) is 47.8 Å². The topological polar surface area (TPSA) is 77.1 Å². The fraction of sp³-hybridized carbons (Fsp3) is 0.500. The van der Waals surface area contributed by atoms with E-state index in [0.717, 1.165) is 11.3 Å². The maximum absolute atomic E-state index is 13.2. The largest absolute Gasteiger partial charge is 0.454 e. The number of benzene rings is 1. The molecule has 2 amide bonds. The Morgan fingerprint density at radius 3 is 2.96 bits per heavy atom. The molecule has 2 fully saturated rings. The van der Waals surface area contributed by atoms with E-state index in [1.54, 1.807) is 4.90 Å². The van der Waals surface area contributed by atoms with Crippen molar-refractivity contribution in [2.24, 2.45) is 11.8 Å². The summed E-state index contributed by atoms with van der Waals surface area (Å²) >= 11 is 0. The third-order valence-electron chi connectivity index (χ3n) is 5.72. The fourth-order valence-corrected chi connectivity index (χ4v) is 4.65.